The van der Waals surface area contributed by atoms with Gasteiger partial charge in [-0.05, 0) is 55.5 Å². The zero-order valence-electron chi connectivity index (χ0n) is 22.9. The molecule has 1 aliphatic heterocycles. The number of hydrogen-bond acceptors (Lipinski definition) is 5. The molecule has 3 aromatic rings. The smallest absolute Gasteiger partial charge is 0.275 e. The molecule has 9 heteroatoms. The lowest BCUT2D eigenvalue weighted by Crippen LogP contribution is -2.46. The average Bonchev–Trinajstić information content (AvgIpc) is 3.25. The minimum Gasteiger partial charge on any atom is -0.508 e. The fourth-order valence-electron chi connectivity index (χ4n) is 5.04. The molecule has 0 spiro atoms. The number of aromatic hydroxyl groups is 1. The standard InChI is InChI=1S/C30H37ClN4O4/c1-4-6-14-33(15-7-5-2)30(39)28-27(31)20(3)35(32-28)26-13-12-24(37)17-25(26)29(38)34-18-22-11-9-8-10-21(22)16-23(34)19-36/h8-13,17,23,36-37H,4-7,14-16,18-19H2,1-3H3. The predicted molar refractivity (Wildman–Crippen MR) is 152 cm³/mol. The number of phenolic OH excluding ortho intramolecular Hbond substituents is 1. The van der Waals surface area contributed by atoms with Crippen LogP contribution in [0.3, 0.4) is 0 Å². The van der Waals surface area contributed by atoms with E-state index in [0.717, 1.165) is 36.8 Å². The molecule has 4 rings (SSSR count). The number of carbonyl (C=O) groups excluding carboxylic acids is 2. The lowest BCUT2D eigenvalue weighted by Gasteiger charge is -2.36. The highest BCUT2D eigenvalue weighted by Gasteiger charge is 2.32. The van der Waals surface area contributed by atoms with Crippen molar-refractivity contribution in [2.45, 2.75) is 65.5 Å². The average molecular weight is 553 g/mol. The van der Waals surface area contributed by atoms with E-state index in [9.17, 15) is 19.8 Å². The van der Waals surface area contributed by atoms with E-state index in [2.05, 4.69) is 18.9 Å². The quantitative estimate of drug-likeness (QED) is 0.363. The Kier molecular flexibility index (Phi) is 9.30. The van der Waals surface area contributed by atoms with Crippen molar-refractivity contribution in [3.63, 3.8) is 0 Å². The molecule has 0 radical (unpaired) electrons. The van der Waals surface area contributed by atoms with Gasteiger partial charge in [-0.2, -0.15) is 5.10 Å². The summed E-state index contributed by atoms with van der Waals surface area (Å²) in [6.45, 7) is 7.31. The van der Waals surface area contributed by atoms with Gasteiger partial charge < -0.3 is 20.0 Å². The van der Waals surface area contributed by atoms with Crippen molar-refractivity contribution in [1.29, 1.82) is 0 Å². The molecule has 208 valence electrons. The van der Waals surface area contributed by atoms with E-state index >= 15 is 0 Å². The van der Waals surface area contributed by atoms with E-state index in [1.165, 1.54) is 16.8 Å². The van der Waals surface area contributed by atoms with Gasteiger partial charge in [0.25, 0.3) is 11.8 Å². The number of benzene rings is 2. The Morgan fingerprint density at radius 3 is 2.38 bits per heavy atom. The SMILES string of the molecule is CCCCN(CCCC)C(=O)c1nn(-c2ccc(O)cc2C(=O)N2Cc3ccccc3CC2CO)c(C)c1Cl. The van der Waals surface area contributed by atoms with Crippen LogP contribution in [0.25, 0.3) is 5.69 Å². The van der Waals surface area contributed by atoms with Gasteiger partial charge in [-0.15, -0.1) is 0 Å². The number of aliphatic hydroxyl groups excluding tert-OH is 1. The summed E-state index contributed by atoms with van der Waals surface area (Å²) in [5.74, 6) is -0.651. The Morgan fingerprint density at radius 2 is 1.74 bits per heavy atom. The first kappa shape index (κ1) is 28.6. The predicted octanol–water partition coefficient (Wildman–Crippen LogP) is 5.14. The van der Waals surface area contributed by atoms with E-state index in [-0.39, 0.29) is 40.5 Å². The molecule has 0 bridgehead atoms. The molecular weight excluding hydrogens is 516 g/mol. The summed E-state index contributed by atoms with van der Waals surface area (Å²) in [4.78, 5) is 30.9. The molecule has 1 aromatic heterocycles. The summed E-state index contributed by atoms with van der Waals surface area (Å²) >= 11 is 6.68. The number of aromatic nitrogens is 2. The molecule has 0 saturated carbocycles. The molecule has 2 amide bonds. The number of nitrogens with zero attached hydrogens (tertiary/aromatic N) is 4. The van der Waals surface area contributed by atoms with Crippen molar-refractivity contribution >= 4 is 23.4 Å². The van der Waals surface area contributed by atoms with Crippen LogP contribution < -0.4 is 0 Å². The van der Waals surface area contributed by atoms with Crippen LogP contribution in [-0.4, -0.2) is 67.3 Å². The second kappa shape index (κ2) is 12.7. The molecular formula is C30H37ClN4O4. The largest absolute Gasteiger partial charge is 0.508 e. The molecule has 1 unspecified atom stereocenters. The second-order valence-corrected chi connectivity index (χ2v) is 10.5. The molecule has 2 heterocycles. The maximum absolute atomic E-state index is 14.0. The molecule has 0 saturated heterocycles. The third-order valence-electron chi connectivity index (χ3n) is 7.36. The topological polar surface area (TPSA) is 98.9 Å². The van der Waals surface area contributed by atoms with Crippen LogP contribution in [0.4, 0.5) is 0 Å². The summed E-state index contributed by atoms with van der Waals surface area (Å²) in [6.07, 6.45) is 4.23. The van der Waals surface area contributed by atoms with Gasteiger partial charge in [0.05, 0.1) is 34.6 Å². The van der Waals surface area contributed by atoms with Crippen molar-refractivity contribution in [2.75, 3.05) is 19.7 Å². The fraction of sp³-hybridized carbons (Fsp3) is 0.433. The lowest BCUT2D eigenvalue weighted by molar-refractivity contribution is 0.0543. The van der Waals surface area contributed by atoms with E-state index in [1.807, 2.05) is 24.3 Å². The van der Waals surface area contributed by atoms with Gasteiger partial charge >= 0.3 is 0 Å². The van der Waals surface area contributed by atoms with Crippen LogP contribution >= 0.6 is 11.6 Å². The molecule has 0 fully saturated rings. The second-order valence-electron chi connectivity index (χ2n) is 10.1. The Morgan fingerprint density at radius 1 is 1.08 bits per heavy atom. The number of aliphatic hydroxyl groups is 1. The lowest BCUT2D eigenvalue weighted by atomic mass is 9.93. The first-order valence-corrected chi connectivity index (χ1v) is 14.0. The van der Waals surface area contributed by atoms with Crippen molar-refractivity contribution in [1.82, 2.24) is 19.6 Å². The number of rotatable bonds is 10. The number of amides is 2. The summed E-state index contributed by atoms with van der Waals surface area (Å²) in [5.41, 5.74) is 3.40. The van der Waals surface area contributed by atoms with Gasteiger partial charge in [-0.3, -0.25) is 9.59 Å². The molecule has 0 aliphatic carbocycles. The monoisotopic (exact) mass is 552 g/mol. The normalized spacial score (nSPS) is 14.8. The van der Waals surface area contributed by atoms with Crippen molar-refractivity contribution in [3.05, 3.63) is 75.6 Å². The zero-order chi connectivity index (χ0) is 28.1. The van der Waals surface area contributed by atoms with Crippen LogP contribution in [0.5, 0.6) is 5.75 Å². The number of halogens is 1. The summed E-state index contributed by atoms with van der Waals surface area (Å²) in [5, 5.41) is 25.3. The van der Waals surface area contributed by atoms with Gasteiger partial charge in [0, 0.05) is 19.6 Å². The van der Waals surface area contributed by atoms with Gasteiger partial charge in [0.1, 0.15) is 5.75 Å². The molecule has 39 heavy (non-hydrogen) atoms. The first-order chi connectivity index (χ1) is 18.8. The van der Waals surface area contributed by atoms with Crippen LogP contribution in [-0.2, 0) is 13.0 Å². The van der Waals surface area contributed by atoms with Crippen molar-refractivity contribution < 1.29 is 19.8 Å². The number of unbranched alkanes of at least 4 members (excludes halogenated alkanes) is 2. The van der Waals surface area contributed by atoms with E-state index in [4.69, 9.17) is 11.6 Å². The maximum atomic E-state index is 14.0. The molecule has 1 aliphatic rings. The summed E-state index contributed by atoms with van der Waals surface area (Å²) in [7, 11) is 0. The number of fused-ring (bicyclic) bond motifs is 1. The number of hydrogen-bond donors (Lipinski definition) is 2. The van der Waals surface area contributed by atoms with Gasteiger partial charge in [-0.25, -0.2) is 4.68 Å². The van der Waals surface area contributed by atoms with Crippen LogP contribution in [0.2, 0.25) is 5.02 Å². The highest BCUT2D eigenvalue weighted by atomic mass is 35.5. The van der Waals surface area contributed by atoms with Gasteiger partial charge in [0.15, 0.2) is 5.69 Å². The third kappa shape index (κ3) is 5.97. The summed E-state index contributed by atoms with van der Waals surface area (Å²) < 4.78 is 1.51. The fourth-order valence-corrected chi connectivity index (χ4v) is 5.24. The summed E-state index contributed by atoms with van der Waals surface area (Å²) in [6, 6.07) is 11.9. The third-order valence-corrected chi connectivity index (χ3v) is 7.81. The van der Waals surface area contributed by atoms with E-state index in [1.54, 1.807) is 22.8 Å². The van der Waals surface area contributed by atoms with Gasteiger partial charge in [-0.1, -0.05) is 62.6 Å². The highest BCUT2D eigenvalue weighted by molar-refractivity contribution is 6.34. The van der Waals surface area contributed by atoms with Crippen molar-refractivity contribution in [2.24, 2.45) is 0 Å². The minimum absolute atomic E-state index is 0.0717. The van der Waals surface area contributed by atoms with Crippen molar-refractivity contribution in [3.8, 4) is 11.4 Å². The molecule has 2 N–H and O–H groups in total. The van der Waals surface area contributed by atoms with Crippen LogP contribution in [0.1, 0.15) is 77.2 Å². The number of phenols is 1. The van der Waals surface area contributed by atoms with Crippen LogP contribution in [0.15, 0.2) is 42.5 Å². The number of carbonyl (C=O) groups is 2. The van der Waals surface area contributed by atoms with Crippen LogP contribution in [0, 0.1) is 6.92 Å². The van der Waals surface area contributed by atoms with Gasteiger partial charge in [0.2, 0.25) is 0 Å². The van der Waals surface area contributed by atoms with E-state index in [0.29, 0.717) is 37.4 Å². The highest BCUT2D eigenvalue weighted by Crippen LogP contribution is 2.31. The molecule has 8 nitrogen and oxygen atoms in total. The maximum Gasteiger partial charge on any atom is 0.275 e. The Hall–Kier alpha value is -3.36. The van der Waals surface area contributed by atoms with E-state index < -0.39 is 6.04 Å². The zero-order valence-corrected chi connectivity index (χ0v) is 23.6. The molecule has 1 atom stereocenters. The first-order valence-electron chi connectivity index (χ1n) is 13.7. The Bertz CT molecular complexity index is 1330. The Labute approximate surface area is 234 Å². The minimum atomic E-state index is -0.410. The Balaban J connectivity index is 1.72. The molecule has 2 aromatic carbocycles.